The lowest BCUT2D eigenvalue weighted by molar-refractivity contribution is -0.133. The fourth-order valence-corrected chi connectivity index (χ4v) is 1.45. The van der Waals surface area contributed by atoms with Crippen molar-refractivity contribution in [1.82, 2.24) is 5.06 Å². The van der Waals surface area contributed by atoms with Gasteiger partial charge < -0.3 is 15.3 Å². The minimum absolute atomic E-state index is 0.264. The van der Waals surface area contributed by atoms with Crippen LogP contribution >= 0.6 is 0 Å². The van der Waals surface area contributed by atoms with Crippen molar-refractivity contribution < 1.29 is 9.57 Å². The molecule has 2 N–H and O–H groups in total. The van der Waals surface area contributed by atoms with E-state index in [1.165, 1.54) is 0 Å². The van der Waals surface area contributed by atoms with E-state index < -0.39 is 0 Å². The smallest absolute Gasteiger partial charge is 0.0730 e. The predicted octanol–water partition coefficient (Wildman–Crippen LogP) is -0.0141. The molecular formula is C8H18N2O2. The zero-order valence-electron chi connectivity index (χ0n) is 7.82. The molecule has 0 amide bonds. The van der Waals surface area contributed by atoms with Crippen LogP contribution in [0.4, 0.5) is 0 Å². The molecule has 0 spiro atoms. The molecule has 1 aliphatic heterocycles. The molecule has 0 radical (unpaired) electrons. The Hall–Kier alpha value is -0.160. The van der Waals surface area contributed by atoms with Crippen LogP contribution in [0.15, 0.2) is 0 Å². The Kier molecular flexibility index (Phi) is 3.94. The van der Waals surface area contributed by atoms with Gasteiger partial charge in [0, 0.05) is 13.6 Å². The van der Waals surface area contributed by atoms with Crippen molar-refractivity contribution in [3.8, 4) is 0 Å². The predicted molar refractivity (Wildman–Crippen MR) is 46.6 cm³/mol. The molecule has 72 valence electrons. The summed E-state index contributed by atoms with van der Waals surface area (Å²) >= 11 is 0. The first kappa shape index (κ1) is 9.92. The molecule has 12 heavy (non-hydrogen) atoms. The lowest BCUT2D eigenvalue weighted by Gasteiger charge is -2.18. The minimum Gasteiger partial charge on any atom is -0.372 e. The monoisotopic (exact) mass is 174 g/mol. The lowest BCUT2D eigenvalue weighted by Crippen LogP contribution is -2.29. The fraction of sp³-hybridized carbons (Fsp3) is 1.00. The standard InChI is InChI=1S/C8H18N2O2/c1-10(11-2)6-8-4-3-7(5-9)12-8/h7-8H,3-6,9H2,1-2H3. The van der Waals surface area contributed by atoms with Crippen LogP contribution in [0, 0.1) is 0 Å². The molecule has 1 aliphatic rings. The topological polar surface area (TPSA) is 47.7 Å². The molecular weight excluding hydrogens is 156 g/mol. The van der Waals surface area contributed by atoms with Crippen molar-refractivity contribution in [2.24, 2.45) is 5.73 Å². The zero-order valence-corrected chi connectivity index (χ0v) is 7.82. The second-order valence-electron chi connectivity index (χ2n) is 3.19. The van der Waals surface area contributed by atoms with Gasteiger partial charge in [0.05, 0.1) is 25.9 Å². The largest absolute Gasteiger partial charge is 0.372 e. The van der Waals surface area contributed by atoms with Crippen LogP contribution in [-0.2, 0) is 9.57 Å². The van der Waals surface area contributed by atoms with Crippen LogP contribution < -0.4 is 5.73 Å². The Morgan fingerprint density at radius 1 is 1.50 bits per heavy atom. The van der Waals surface area contributed by atoms with Gasteiger partial charge in [-0.25, -0.2) is 0 Å². The molecule has 0 bridgehead atoms. The molecule has 0 aliphatic carbocycles. The number of ether oxygens (including phenoxy) is 1. The molecule has 0 aromatic carbocycles. The summed E-state index contributed by atoms with van der Waals surface area (Å²) in [4.78, 5) is 5.00. The Labute approximate surface area is 73.6 Å². The summed E-state index contributed by atoms with van der Waals surface area (Å²) in [6.45, 7) is 1.46. The summed E-state index contributed by atoms with van der Waals surface area (Å²) in [7, 11) is 3.56. The zero-order chi connectivity index (χ0) is 8.97. The molecule has 4 heteroatoms. The second-order valence-corrected chi connectivity index (χ2v) is 3.19. The van der Waals surface area contributed by atoms with E-state index in [2.05, 4.69) is 0 Å². The molecule has 0 aromatic heterocycles. The Morgan fingerprint density at radius 3 is 2.67 bits per heavy atom. The van der Waals surface area contributed by atoms with Crippen LogP contribution in [0.2, 0.25) is 0 Å². The van der Waals surface area contributed by atoms with Crippen molar-refractivity contribution in [3.63, 3.8) is 0 Å². The molecule has 1 heterocycles. The highest BCUT2D eigenvalue weighted by Gasteiger charge is 2.24. The highest BCUT2D eigenvalue weighted by molar-refractivity contribution is 4.74. The number of hydrogen-bond donors (Lipinski definition) is 1. The Morgan fingerprint density at radius 2 is 2.17 bits per heavy atom. The van der Waals surface area contributed by atoms with Crippen LogP contribution in [0.25, 0.3) is 0 Å². The van der Waals surface area contributed by atoms with Gasteiger partial charge in [0.15, 0.2) is 0 Å². The van der Waals surface area contributed by atoms with Gasteiger partial charge in [0.2, 0.25) is 0 Å². The average molecular weight is 174 g/mol. The van der Waals surface area contributed by atoms with Crippen LogP contribution in [-0.4, -0.2) is 44.5 Å². The molecule has 0 saturated carbocycles. The molecule has 2 atom stereocenters. The third-order valence-corrected chi connectivity index (χ3v) is 2.23. The quantitative estimate of drug-likeness (QED) is 0.609. The van der Waals surface area contributed by atoms with E-state index in [4.69, 9.17) is 15.3 Å². The molecule has 1 saturated heterocycles. The molecule has 1 rings (SSSR count). The first-order valence-corrected chi connectivity index (χ1v) is 4.37. The number of hydrogen-bond acceptors (Lipinski definition) is 4. The SMILES string of the molecule is CON(C)CC1CCC(CN)O1. The van der Waals surface area contributed by atoms with Gasteiger partial charge in [-0.05, 0) is 12.8 Å². The van der Waals surface area contributed by atoms with Crippen LogP contribution in [0.3, 0.4) is 0 Å². The minimum atomic E-state index is 0.264. The number of nitrogens with two attached hydrogens (primary N) is 1. The van der Waals surface area contributed by atoms with E-state index in [9.17, 15) is 0 Å². The van der Waals surface area contributed by atoms with Gasteiger partial charge in [-0.3, -0.25) is 0 Å². The average Bonchev–Trinajstić information content (AvgIpc) is 2.52. The normalized spacial score (nSPS) is 30.0. The van der Waals surface area contributed by atoms with Gasteiger partial charge in [-0.2, -0.15) is 5.06 Å². The second kappa shape index (κ2) is 4.77. The summed E-state index contributed by atoms with van der Waals surface area (Å²) in [6, 6.07) is 0. The van der Waals surface area contributed by atoms with Crippen molar-refractivity contribution in [2.75, 3.05) is 27.2 Å². The number of rotatable bonds is 4. The van der Waals surface area contributed by atoms with Crippen LogP contribution in [0.5, 0.6) is 0 Å². The number of likely N-dealkylation sites (N-methyl/N-ethyl adjacent to an activating group) is 1. The van der Waals surface area contributed by atoms with Gasteiger partial charge in [-0.1, -0.05) is 0 Å². The molecule has 1 fully saturated rings. The van der Waals surface area contributed by atoms with Gasteiger partial charge in [0.25, 0.3) is 0 Å². The van der Waals surface area contributed by atoms with E-state index >= 15 is 0 Å². The maximum absolute atomic E-state index is 5.64. The first-order chi connectivity index (χ1) is 5.76. The van der Waals surface area contributed by atoms with Crippen molar-refractivity contribution in [3.05, 3.63) is 0 Å². The highest BCUT2D eigenvalue weighted by atomic mass is 16.7. The van der Waals surface area contributed by atoms with Gasteiger partial charge in [-0.15, -0.1) is 0 Å². The summed E-state index contributed by atoms with van der Waals surface area (Å²) < 4.78 is 5.64. The fourth-order valence-electron chi connectivity index (χ4n) is 1.45. The summed E-state index contributed by atoms with van der Waals surface area (Å²) in [5, 5.41) is 1.78. The Balaban J connectivity index is 2.18. The van der Waals surface area contributed by atoms with Crippen LogP contribution in [0.1, 0.15) is 12.8 Å². The number of nitrogens with zero attached hydrogens (tertiary/aromatic N) is 1. The van der Waals surface area contributed by atoms with Crippen molar-refractivity contribution in [2.45, 2.75) is 25.0 Å². The maximum atomic E-state index is 5.64. The van der Waals surface area contributed by atoms with Gasteiger partial charge >= 0.3 is 0 Å². The Bertz CT molecular complexity index is 132. The summed E-state index contributed by atoms with van der Waals surface area (Å²) in [5.41, 5.74) is 5.49. The third-order valence-electron chi connectivity index (χ3n) is 2.23. The van der Waals surface area contributed by atoms with Crippen molar-refractivity contribution in [1.29, 1.82) is 0 Å². The highest BCUT2D eigenvalue weighted by Crippen LogP contribution is 2.19. The summed E-state index contributed by atoms with van der Waals surface area (Å²) in [5.74, 6) is 0. The molecule has 2 unspecified atom stereocenters. The number of hydroxylamine groups is 2. The van der Waals surface area contributed by atoms with Gasteiger partial charge in [0.1, 0.15) is 0 Å². The molecule has 4 nitrogen and oxygen atoms in total. The molecule has 0 aromatic rings. The maximum Gasteiger partial charge on any atom is 0.0730 e. The van der Waals surface area contributed by atoms with E-state index in [1.807, 2.05) is 7.05 Å². The van der Waals surface area contributed by atoms with E-state index in [1.54, 1.807) is 12.2 Å². The summed E-state index contributed by atoms with van der Waals surface area (Å²) in [6.07, 6.45) is 2.73. The third kappa shape index (κ3) is 2.71. The lowest BCUT2D eigenvalue weighted by atomic mass is 10.2. The van der Waals surface area contributed by atoms with Crippen molar-refractivity contribution >= 4 is 0 Å². The first-order valence-electron chi connectivity index (χ1n) is 4.37. The van der Waals surface area contributed by atoms with E-state index in [-0.39, 0.29) is 6.10 Å². The van der Waals surface area contributed by atoms with E-state index in [0.29, 0.717) is 12.6 Å². The van der Waals surface area contributed by atoms with E-state index in [0.717, 1.165) is 19.4 Å².